The average molecular weight is 248 g/mol. The second kappa shape index (κ2) is 7.01. The van der Waals surface area contributed by atoms with E-state index in [1.807, 2.05) is 6.07 Å². The van der Waals surface area contributed by atoms with Gasteiger partial charge in [0.15, 0.2) is 5.75 Å². The summed E-state index contributed by atoms with van der Waals surface area (Å²) >= 11 is 0. The molecule has 0 atom stereocenters. The first-order chi connectivity index (χ1) is 8.69. The van der Waals surface area contributed by atoms with Gasteiger partial charge in [-0.1, -0.05) is 0 Å². The molecule has 1 rings (SSSR count). The van der Waals surface area contributed by atoms with Crippen molar-refractivity contribution < 1.29 is 14.5 Å². The first kappa shape index (κ1) is 13.6. The molecule has 0 saturated heterocycles. The Hall–Kier alpha value is -2.42. The number of nitriles is 1. The normalized spacial score (nSPS) is 9.50. The van der Waals surface area contributed by atoms with Crippen LogP contribution in [-0.4, -0.2) is 17.8 Å². The molecule has 0 spiro atoms. The Labute approximate surface area is 104 Å². The molecule has 0 heterocycles. The summed E-state index contributed by atoms with van der Waals surface area (Å²) in [6.07, 6.45) is 2.35. The maximum absolute atomic E-state index is 10.8. The van der Waals surface area contributed by atoms with Crippen molar-refractivity contribution in [1.29, 1.82) is 5.26 Å². The summed E-state index contributed by atoms with van der Waals surface area (Å²) in [5.41, 5.74) is 0.161. The average Bonchev–Trinajstić information content (AvgIpc) is 2.38. The highest BCUT2D eigenvalue weighted by molar-refractivity contribution is 5.76. The number of nitro benzene ring substituents is 1. The van der Waals surface area contributed by atoms with E-state index in [0.29, 0.717) is 31.1 Å². The molecule has 0 amide bonds. The van der Waals surface area contributed by atoms with Gasteiger partial charge in [0.05, 0.1) is 17.6 Å². The van der Waals surface area contributed by atoms with Crippen molar-refractivity contribution >= 4 is 12.0 Å². The molecule has 0 unspecified atom stereocenters. The number of hydrogen-bond donors (Lipinski definition) is 0. The van der Waals surface area contributed by atoms with Gasteiger partial charge >= 0.3 is 5.69 Å². The molecule has 1 aromatic carbocycles. The third-order valence-corrected chi connectivity index (χ3v) is 2.26. The van der Waals surface area contributed by atoms with Gasteiger partial charge in [-0.25, -0.2) is 0 Å². The number of rotatable bonds is 7. The molecule has 6 nitrogen and oxygen atoms in total. The second-order valence-electron chi connectivity index (χ2n) is 3.57. The van der Waals surface area contributed by atoms with E-state index >= 15 is 0 Å². The predicted molar refractivity (Wildman–Crippen MR) is 63.4 cm³/mol. The zero-order valence-electron chi connectivity index (χ0n) is 9.67. The number of nitrogens with zero attached hydrogens (tertiary/aromatic N) is 2. The minimum Gasteiger partial charge on any atom is -0.487 e. The summed E-state index contributed by atoms with van der Waals surface area (Å²) in [5, 5.41) is 19.1. The van der Waals surface area contributed by atoms with E-state index in [1.165, 1.54) is 18.2 Å². The van der Waals surface area contributed by atoms with Crippen LogP contribution in [0.1, 0.15) is 29.6 Å². The van der Waals surface area contributed by atoms with Crippen LogP contribution in [0.4, 0.5) is 5.69 Å². The minimum atomic E-state index is -0.556. The monoisotopic (exact) mass is 248 g/mol. The van der Waals surface area contributed by atoms with E-state index in [0.717, 1.165) is 0 Å². The molecular weight excluding hydrogens is 236 g/mol. The van der Waals surface area contributed by atoms with Gasteiger partial charge in [-0.15, -0.1) is 0 Å². The third-order valence-electron chi connectivity index (χ3n) is 2.26. The van der Waals surface area contributed by atoms with Gasteiger partial charge in [0.2, 0.25) is 0 Å². The van der Waals surface area contributed by atoms with E-state index in [-0.39, 0.29) is 18.0 Å². The van der Waals surface area contributed by atoms with E-state index in [4.69, 9.17) is 10.00 Å². The topological polar surface area (TPSA) is 93.2 Å². The Morgan fingerprint density at radius 3 is 2.83 bits per heavy atom. The summed E-state index contributed by atoms with van der Waals surface area (Å²) in [6, 6.07) is 5.96. The fourth-order valence-corrected chi connectivity index (χ4v) is 1.36. The Balaban J connectivity index is 2.69. The molecule has 0 aliphatic carbocycles. The summed E-state index contributed by atoms with van der Waals surface area (Å²) in [6.45, 7) is 0.283. The number of aldehydes is 1. The molecule has 0 N–H and O–H groups in total. The Morgan fingerprint density at radius 1 is 1.44 bits per heavy atom. The third kappa shape index (κ3) is 3.87. The van der Waals surface area contributed by atoms with E-state index < -0.39 is 4.92 Å². The lowest BCUT2D eigenvalue weighted by atomic mass is 10.2. The molecule has 18 heavy (non-hydrogen) atoms. The fourth-order valence-electron chi connectivity index (χ4n) is 1.36. The highest BCUT2D eigenvalue weighted by Gasteiger charge is 2.15. The molecule has 0 fully saturated rings. The van der Waals surface area contributed by atoms with Gasteiger partial charge in [0.1, 0.15) is 6.29 Å². The van der Waals surface area contributed by atoms with Crippen molar-refractivity contribution in [2.45, 2.75) is 19.3 Å². The SMILES string of the molecule is N#CCCCCOc1cc(C=O)ccc1[N+](=O)[O-]. The maximum atomic E-state index is 10.8. The zero-order valence-corrected chi connectivity index (χ0v) is 9.67. The van der Waals surface area contributed by atoms with Crippen LogP contribution < -0.4 is 4.74 Å². The molecule has 0 bridgehead atoms. The molecule has 6 heteroatoms. The van der Waals surface area contributed by atoms with Gasteiger partial charge in [-0.3, -0.25) is 14.9 Å². The van der Waals surface area contributed by atoms with Crippen molar-refractivity contribution in [2.24, 2.45) is 0 Å². The Kier molecular flexibility index (Phi) is 5.32. The van der Waals surface area contributed by atoms with Gasteiger partial charge in [0.25, 0.3) is 0 Å². The highest BCUT2D eigenvalue weighted by atomic mass is 16.6. The van der Waals surface area contributed by atoms with Gasteiger partial charge in [-0.2, -0.15) is 5.26 Å². The lowest BCUT2D eigenvalue weighted by molar-refractivity contribution is -0.385. The first-order valence-electron chi connectivity index (χ1n) is 5.42. The number of carbonyl (C=O) groups excluding carboxylic acids is 1. The van der Waals surface area contributed by atoms with Crippen molar-refractivity contribution in [1.82, 2.24) is 0 Å². The van der Waals surface area contributed by atoms with Crippen molar-refractivity contribution in [2.75, 3.05) is 6.61 Å². The number of unbranched alkanes of at least 4 members (excludes halogenated alkanes) is 2. The van der Waals surface area contributed by atoms with E-state index in [2.05, 4.69) is 0 Å². The van der Waals surface area contributed by atoms with Crippen molar-refractivity contribution in [3.8, 4) is 11.8 Å². The number of nitro groups is 1. The minimum absolute atomic E-state index is 0.0848. The predicted octanol–water partition coefficient (Wildman–Crippen LogP) is 2.48. The Morgan fingerprint density at radius 2 is 2.22 bits per heavy atom. The largest absolute Gasteiger partial charge is 0.487 e. The van der Waals surface area contributed by atoms with Crippen LogP contribution in [0.5, 0.6) is 5.75 Å². The quantitative estimate of drug-likeness (QED) is 0.320. The summed E-state index contributed by atoms with van der Waals surface area (Å²) in [4.78, 5) is 20.8. The number of benzene rings is 1. The van der Waals surface area contributed by atoms with Crippen LogP contribution in [0.15, 0.2) is 18.2 Å². The van der Waals surface area contributed by atoms with Crippen LogP contribution >= 0.6 is 0 Å². The molecule has 0 radical (unpaired) electrons. The van der Waals surface area contributed by atoms with Crippen molar-refractivity contribution in [3.05, 3.63) is 33.9 Å². The van der Waals surface area contributed by atoms with Crippen molar-refractivity contribution in [3.63, 3.8) is 0 Å². The zero-order chi connectivity index (χ0) is 13.4. The smallest absolute Gasteiger partial charge is 0.310 e. The fraction of sp³-hybridized carbons (Fsp3) is 0.333. The highest BCUT2D eigenvalue weighted by Crippen LogP contribution is 2.27. The second-order valence-corrected chi connectivity index (χ2v) is 3.57. The van der Waals surface area contributed by atoms with Crippen LogP contribution in [-0.2, 0) is 0 Å². The lowest BCUT2D eigenvalue weighted by Crippen LogP contribution is -2.01. The molecule has 0 aliphatic rings. The van der Waals surface area contributed by atoms with E-state index in [9.17, 15) is 14.9 Å². The summed E-state index contributed by atoms with van der Waals surface area (Å²) in [5.74, 6) is 0.0848. The van der Waals surface area contributed by atoms with Gasteiger partial charge < -0.3 is 4.74 Å². The molecule has 0 aliphatic heterocycles. The lowest BCUT2D eigenvalue weighted by Gasteiger charge is -2.06. The standard InChI is InChI=1S/C12H12N2O4/c13-6-2-1-3-7-18-12-8-10(9-15)4-5-11(12)14(16)17/h4-5,8-9H,1-3,7H2. The van der Waals surface area contributed by atoms with Gasteiger partial charge in [-0.05, 0) is 25.0 Å². The summed E-state index contributed by atoms with van der Waals surface area (Å²) in [7, 11) is 0. The Bertz CT molecular complexity index is 479. The molecule has 0 aromatic heterocycles. The van der Waals surface area contributed by atoms with Crippen LogP contribution in [0, 0.1) is 21.4 Å². The van der Waals surface area contributed by atoms with Crippen LogP contribution in [0.2, 0.25) is 0 Å². The number of ether oxygens (including phenoxy) is 1. The maximum Gasteiger partial charge on any atom is 0.310 e. The number of hydrogen-bond acceptors (Lipinski definition) is 5. The van der Waals surface area contributed by atoms with E-state index in [1.54, 1.807) is 0 Å². The summed E-state index contributed by atoms with van der Waals surface area (Å²) < 4.78 is 5.28. The van der Waals surface area contributed by atoms with Crippen LogP contribution in [0.3, 0.4) is 0 Å². The van der Waals surface area contributed by atoms with Gasteiger partial charge in [0, 0.05) is 18.1 Å². The molecular formula is C12H12N2O4. The van der Waals surface area contributed by atoms with Crippen LogP contribution in [0.25, 0.3) is 0 Å². The molecule has 0 saturated carbocycles. The molecule has 94 valence electrons. The first-order valence-corrected chi connectivity index (χ1v) is 5.42. The molecule has 1 aromatic rings. The number of carbonyl (C=O) groups is 1.